The Morgan fingerprint density at radius 2 is 2.23 bits per heavy atom. The summed E-state index contributed by atoms with van der Waals surface area (Å²) in [4.78, 5) is 0. The highest BCUT2D eigenvalue weighted by molar-refractivity contribution is 5.11. The maximum Gasteiger partial charge on any atom is 0.123 e. The van der Waals surface area contributed by atoms with E-state index in [2.05, 4.69) is 0 Å². The zero-order valence-electron chi connectivity index (χ0n) is 7.73. The predicted molar refractivity (Wildman–Crippen MR) is 49.1 cm³/mol. The van der Waals surface area contributed by atoms with Crippen molar-refractivity contribution in [3.05, 3.63) is 23.7 Å². The van der Waals surface area contributed by atoms with Gasteiger partial charge < -0.3 is 15.3 Å². The minimum absolute atomic E-state index is 0.360. The summed E-state index contributed by atoms with van der Waals surface area (Å²) in [5.41, 5.74) is 5.85. The third kappa shape index (κ3) is 1.76. The first-order chi connectivity index (χ1) is 6.18. The van der Waals surface area contributed by atoms with Gasteiger partial charge in [-0.2, -0.15) is 0 Å². The molecule has 0 aliphatic heterocycles. The minimum atomic E-state index is -0.439. The Hall–Kier alpha value is -0.800. The molecule has 13 heavy (non-hydrogen) atoms. The Labute approximate surface area is 77.5 Å². The number of hydrogen-bond donors (Lipinski definition) is 2. The summed E-state index contributed by atoms with van der Waals surface area (Å²) in [6.45, 7) is 1.87. The summed E-state index contributed by atoms with van der Waals surface area (Å²) in [5.74, 6) is 1.92. The van der Waals surface area contributed by atoms with Crippen LogP contribution in [0.5, 0.6) is 0 Å². The molecule has 0 bridgehead atoms. The molecule has 1 heterocycles. The highest BCUT2D eigenvalue weighted by atomic mass is 16.3. The van der Waals surface area contributed by atoms with E-state index in [1.165, 1.54) is 0 Å². The topological polar surface area (TPSA) is 59.4 Å². The number of furan rings is 1. The number of aliphatic hydroxyl groups excluding tert-OH is 1. The third-order valence-electron chi connectivity index (χ3n) is 2.56. The van der Waals surface area contributed by atoms with Crippen LogP contribution < -0.4 is 5.73 Å². The fourth-order valence-electron chi connectivity index (χ4n) is 1.53. The second-order valence-electron chi connectivity index (χ2n) is 3.80. The molecular weight excluding hydrogens is 166 g/mol. The summed E-state index contributed by atoms with van der Waals surface area (Å²) < 4.78 is 5.36. The maximum atomic E-state index is 9.74. The highest BCUT2D eigenvalue weighted by Crippen LogP contribution is 2.37. The first kappa shape index (κ1) is 8.78. The van der Waals surface area contributed by atoms with Gasteiger partial charge in [-0.15, -0.1) is 0 Å². The lowest BCUT2D eigenvalue weighted by molar-refractivity contribution is 0.113. The zero-order valence-corrected chi connectivity index (χ0v) is 7.73. The number of aryl methyl sites for hydroxylation is 1. The van der Waals surface area contributed by atoms with Gasteiger partial charge in [0.25, 0.3) is 0 Å². The first-order valence-corrected chi connectivity index (χ1v) is 4.68. The highest BCUT2D eigenvalue weighted by Gasteiger charge is 2.35. The number of aliphatic hydroxyl groups is 1. The monoisotopic (exact) mass is 181 g/mol. The zero-order chi connectivity index (χ0) is 9.42. The summed E-state index contributed by atoms with van der Waals surface area (Å²) >= 11 is 0. The largest absolute Gasteiger partial charge is 0.465 e. The molecule has 1 aromatic rings. The molecule has 0 aromatic carbocycles. The Bertz CT molecular complexity index is 291. The summed E-state index contributed by atoms with van der Waals surface area (Å²) in [6, 6.07) is 3.35. The van der Waals surface area contributed by atoms with E-state index in [1.54, 1.807) is 0 Å². The molecule has 0 amide bonds. The third-order valence-corrected chi connectivity index (χ3v) is 2.56. The van der Waals surface area contributed by atoms with Crippen LogP contribution in [0, 0.1) is 12.8 Å². The van der Waals surface area contributed by atoms with Crippen molar-refractivity contribution < 1.29 is 9.52 Å². The number of nitrogens with two attached hydrogens (primary N) is 1. The molecule has 1 saturated carbocycles. The molecule has 3 N–H and O–H groups in total. The van der Waals surface area contributed by atoms with E-state index in [4.69, 9.17) is 10.2 Å². The Morgan fingerprint density at radius 3 is 2.69 bits per heavy atom. The molecule has 2 atom stereocenters. The van der Waals surface area contributed by atoms with Gasteiger partial charge in [-0.05, 0) is 37.8 Å². The lowest BCUT2D eigenvalue weighted by atomic mass is 10.1. The number of hydrogen-bond acceptors (Lipinski definition) is 3. The molecular formula is C10H15NO2. The van der Waals surface area contributed by atoms with E-state index in [0.717, 1.165) is 18.6 Å². The van der Waals surface area contributed by atoms with Crippen molar-refractivity contribution in [2.45, 2.75) is 31.9 Å². The lowest BCUT2D eigenvalue weighted by Gasteiger charge is -2.15. The SMILES string of the molecule is Cc1ccc(C(N)C(O)C2CC2)o1. The molecule has 0 saturated heterocycles. The molecule has 1 fully saturated rings. The molecule has 0 spiro atoms. The van der Waals surface area contributed by atoms with Crippen molar-refractivity contribution >= 4 is 0 Å². The lowest BCUT2D eigenvalue weighted by Crippen LogP contribution is -2.27. The van der Waals surface area contributed by atoms with Gasteiger partial charge in [0, 0.05) is 0 Å². The van der Waals surface area contributed by atoms with Gasteiger partial charge in [0.1, 0.15) is 11.5 Å². The van der Waals surface area contributed by atoms with Crippen LogP contribution in [-0.2, 0) is 0 Å². The summed E-state index contributed by atoms with van der Waals surface area (Å²) in [7, 11) is 0. The Kier molecular flexibility index (Phi) is 2.14. The quantitative estimate of drug-likeness (QED) is 0.740. The van der Waals surface area contributed by atoms with E-state index >= 15 is 0 Å². The first-order valence-electron chi connectivity index (χ1n) is 4.68. The van der Waals surface area contributed by atoms with Gasteiger partial charge >= 0.3 is 0 Å². The fraction of sp³-hybridized carbons (Fsp3) is 0.600. The van der Waals surface area contributed by atoms with Gasteiger partial charge in [0.05, 0.1) is 12.1 Å². The summed E-state index contributed by atoms with van der Waals surface area (Å²) in [6.07, 6.45) is 1.74. The van der Waals surface area contributed by atoms with Crippen LogP contribution in [0.15, 0.2) is 16.5 Å². The van der Waals surface area contributed by atoms with Crippen molar-refractivity contribution in [2.75, 3.05) is 0 Å². The normalized spacial score (nSPS) is 21.5. The summed E-state index contributed by atoms with van der Waals surface area (Å²) in [5, 5.41) is 9.74. The molecule has 1 aromatic heterocycles. The van der Waals surface area contributed by atoms with Crippen molar-refractivity contribution in [2.24, 2.45) is 11.7 Å². The van der Waals surface area contributed by atoms with Crippen LogP contribution in [0.3, 0.4) is 0 Å². The Morgan fingerprint density at radius 1 is 1.54 bits per heavy atom. The smallest absolute Gasteiger partial charge is 0.123 e. The molecule has 3 nitrogen and oxygen atoms in total. The fourth-order valence-corrected chi connectivity index (χ4v) is 1.53. The molecule has 1 aliphatic rings. The van der Waals surface area contributed by atoms with Gasteiger partial charge in [-0.25, -0.2) is 0 Å². The standard InChI is InChI=1S/C10H15NO2/c1-6-2-5-8(13-6)9(11)10(12)7-3-4-7/h2,5,7,9-10,12H,3-4,11H2,1H3. The van der Waals surface area contributed by atoms with Crippen LogP contribution in [0.1, 0.15) is 30.4 Å². The second kappa shape index (κ2) is 3.16. The maximum absolute atomic E-state index is 9.74. The van der Waals surface area contributed by atoms with E-state index in [-0.39, 0.29) is 6.04 Å². The van der Waals surface area contributed by atoms with Crippen molar-refractivity contribution in [1.29, 1.82) is 0 Å². The molecule has 72 valence electrons. The van der Waals surface area contributed by atoms with Crippen LogP contribution >= 0.6 is 0 Å². The number of rotatable bonds is 3. The molecule has 3 heteroatoms. The van der Waals surface area contributed by atoms with Gasteiger partial charge in [-0.1, -0.05) is 0 Å². The van der Waals surface area contributed by atoms with Gasteiger partial charge in [0.2, 0.25) is 0 Å². The minimum Gasteiger partial charge on any atom is -0.465 e. The molecule has 2 unspecified atom stereocenters. The van der Waals surface area contributed by atoms with Crippen LogP contribution in [0.4, 0.5) is 0 Å². The van der Waals surface area contributed by atoms with Crippen LogP contribution in [-0.4, -0.2) is 11.2 Å². The van der Waals surface area contributed by atoms with E-state index in [1.807, 2.05) is 19.1 Å². The van der Waals surface area contributed by atoms with Crippen molar-refractivity contribution in [3.8, 4) is 0 Å². The van der Waals surface area contributed by atoms with Crippen molar-refractivity contribution in [3.63, 3.8) is 0 Å². The van der Waals surface area contributed by atoms with Gasteiger partial charge in [-0.3, -0.25) is 0 Å². The average molecular weight is 181 g/mol. The van der Waals surface area contributed by atoms with Gasteiger partial charge in [0.15, 0.2) is 0 Å². The molecule has 2 rings (SSSR count). The average Bonchev–Trinajstić information content (AvgIpc) is 2.87. The van der Waals surface area contributed by atoms with E-state index < -0.39 is 6.10 Å². The van der Waals surface area contributed by atoms with Crippen LogP contribution in [0.25, 0.3) is 0 Å². The molecule has 0 radical (unpaired) electrons. The predicted octanol–water partition coefficient (Wildman–Crippen LogP) is 1.36. The Balaban J connectivity index is 2.06. The van der Waals surface area contributed by atoms with Crippen LogP contribution in [0.2, 0.25) is 0 Å². The van der Waals surface area contributed by atoms with E-state index in [9.17, 15) is 5.11 Å². The van der Waals surface area contributed by atoms with E-state index in [0.29, 0.717) is 11.7 Å². The second-order valence-corrected chi connectivity index (χ2v) is 3.80. The van der Waals surface area contributed by atoms with Crippen molar-refractivity contribution in [1.82, 2.24) is 0 Å². The molecule has 1 aliphatic carbocycles.